The first-order chi connectivity index (χ1) is 12.6. The third kappa shape index (κ3) is 7.38. The van der Waals surface area contributed by atoms with E-state index in [9.17, 15) is 9.18 Å². The van der Waals surface area contributed by atoms with Crippen molar-refractivity contribution in [1.29, 1.82) is 0 Å². The van der Waals surface area contributed by atoms with Gasteiger partial charge in [0.15, 0.2) is 0 Å². The second-order valence-corrected chi connectivity index (χ2v) is 6.43. The summed E-state index contributed by atoms with van der Waals surface area (Å²) in [6.45, 7) is 2.16. The monoisotopic (exact) mass is 375 g/mol. The zero-order valence-corrected chi connectivity index (χ0v) is 15.6. The number of methoxy groups -OCH3 is 1. The van der Waals surface area contributed by atoms with Crippen LogP contribution in [0.15, 0.2) is 54.6 Å². The Kier molecular flexibility index (Phi) is 8.32. The van der Waals surface area contributed by atoms with E-state index in [2.05, 4.69) is 15.7 Å². The minimum Gasteiger partial charge on any atom is -0.469 e. The molecule has 0 heterocycles. The van der Waals surface area contributed by atoms with Gasteiger partial charge in [-0.15, -0.1) is 0 Å². The van der Waals surface area contributed by atoms with Gasteiger partial charge in [0.05, 0.1) is 7.11 Å². The second kappa shape index (κ2) is 10.7. The van der Waals surface area contributed by atoms with Crippen LogP contribution in [-0.2, 0) is 16.1 Å². The van der Waals surface area contributed by atoms with Gasteiger partial charge in [0.25, 0.3) is 0 Å². The maximum atomic E-state index is 13.1. The molecule has 0 aliphatic rings. The molecule has 0 fully saturated rings. The summed E-state index contributed by atoms with van der Waals surface area (Å²) in [5.41, 5.74) is 2.11. The number of carbonyl (C=O) groups is 1. The highest BCUT2D eigenvalue weighted by molar-refractivity contribution is 6.30. The van der Waals surface area contributed by atoms with E-state index in [4.69, 9.17) is 11.6 Å². The van der Waals surface area contributed by atoms with Crippen LogP contribution in [0.25, 0.3) is 6.08 Å². The highest BCUT2D eigenvalue weighted by atomic mass is 35.5. The Labute approximate surface area is 159 Å². The van der Waals surface area contributed by atoms with Crippen LogP contribution < -0.4 is 0 Å². The van der Waals surface area contributed by atoms with Gasteiger partial charge >= 0.3 is 5.97 Å². The van der Waals surface area contributed by atoms with E-state index in [-0.39, 0.29) is 11.8 Å². The highest BCUT2D eigenvalue weighted by Crippen LogP contribution is 2.12. The molecule has 0 amide bonds. The molecular weight excluding hydrogens is 353 g/mol. The molecule has 0 aromatic heterocycles. The molecular formula is C21H23ClFNO2. The summed E-state index contributed by atoms with van der Waals surface area (Å²) in [7, 11) is 1.40. The normalized spacial score (nSPS) is 11.2. The third-order valence-electron chi connectivity index (χ3n) is 3.95. The van der Waals surface area contributed by atoms with Gasteiger partial charge in [-0.3, -0.25) is 9.69 Å². The van der Waals surface area contributed by atoms with E-state index in [0.29, 0.717) is 24.4 Å². The van der Waals surface area contributed by atoms with Crippen molar-refractivity contribution in [2.24, 2.45) is 0 Å². The average Bonchev–Trinajstić information content (AvgIpc) is 2.64. The van der Waals surface area contributed by atoms with Crippen molar-refractivity contribution in [3.8, 4) is 0 Å². The predicted molar refractivity (Wildman–Crippen MR) is 103 cm³/mol. The summed E-state index contributed by atoms with van der Waals surface area (Å²) >= 11 is 5.90. The molecule has 0 aliphatic heterocycles. The van der Waals surface area contributed by atoms with Crippen LogP contribution in [0.1, 0.15) is 24.0 Å². The quantitative estimate of drug-likeness (QED) is 0.581. The summed E-state index contributed by atoms with van der Waals surface area (Å²) in [5.74, 6) is -0.447. The van der Waals surface area contributed by atoms with Crippen LogP contribution in [0, 0.1) is 5.82 Å². The third-order valence-corrected chi connectivity index (χ3v) is 4.20. The zero-order valence-electron chi connectivity index (χ0n) is 14.8. The van der Waals surface area contributed by atoms with E-state index >= 15 is 0 Å². The van der Waals surface area contributed by atoms with E-state index in [1.807, 2.05) is 30.3 Å². The number of halogens is 2. The number of nitrogens with zero attached hydrogens (tertiary/aromatic N) is 1. The molecule has 2 aromatic rings. The number of ether oxygens (including phenoxy) is 1. The summed E-state index contributed by atoms with van der Waals surface area (Å²) in [6, 6.07) is 14.1. The maximum Gasteiger partial charge on any atom is 0.305 e. The number of rotatable bonds is 9. The van der Waals surface area contributed by atoms with Crippen molar-refractivity contribution >= 4 is 23.6 Å². The molecule has 0 aliphatic carbocycles. The first-order valence-electron chi connectivity index (χ1n) is 8.52. The Bertz CT molecular complexity index is 714. The standard InChI is InChI=1S/C21H23ClFNO2/c1-26-21(25)5-3-15-24(16-18-8-12-20(23)13-9-18)14-2-4-17-6-10-19(22)11-7-17/h2,4,6-13H,3,5,14-16H2,1H3. The first kappa shape index (κ1) is 20.1. The fraction of sp³-hybridized carbons (Fsp3) is 0.286. The Balaban J connectivity index is 1.95. The molecule has 138 valence electrons. The zero-order chi connectivity index (χ0) is 18.8. The lowest BCUT2D eigenvalue weighted by Gasteiger charge is -2.20. The molecule has 2 aromatic carbocycles. The molecule has 0 saturated carbocycles. The van der Waals surface area contributed by atoms with Gasteiger partial charge in [0, 0.05) is 24.5 Å². The molecule has 0 atom stereocenters. The minimum atomic E-state index is -0.242. The van der Waals surface area contributed by atoms with Crippen LogP contribution in [0.3, 0.4) is 0 Å². The van der Waals surface area contributed by atoms with Gasteiger partial charge in [-0.1, -0.05) is 48.0 Å². The van der Waals surface area contributed by atoms with Crippen LogP contribution in [0.4, 0.5) is 4.39 Å². The number of benzene rings is 2. The summed E-state index contributed by atoms with van der Waals surface area (Å²) in [6.07, 6.45) is 5.21. The van der Waals surface area contributed by atoms with Gasteiger partial charge in [-0.2, -0.15) is 0 Å². The lowest BCUT2D eigenvalue weighted by atomic mass is 10.2. The van der Waals surface area contributed by atoms with Gasteiger partial charge < -0.3 is 4.74 Å². The Hall–Kier alpha value is -2.17. The maximum absolute atomic E-state index is 13.1. The fourth-order valence-corrected chi connectivity index (χ4v) is 2.67. The summed E-state index contributed by atoms with van der Waals surface area (Å²) in [4.78, 5) is 13.5. The van der Waals surface area contributed by atoms with Gasteiger partial charge in [-0.05, 0) is 48.4 Å². The molecule has 26 heavy (non-hydrogen) atoms. The van der Waals surface area contributed by atoms with Crippen LogP contribution in [0.2, 0.25) is 5.02 Å². The van der Waals surface area contributed by atoms with Crippen LogP contribution in [-0.4, -0.2) is 31.1 Å². The van der Waals surface area contributed by atoms with Crippen molar-refractivity contribution in [3.63, 3.8) is 0 Å². The molecule has 2 rings (SSSR count). The lowest BCUT2D eigenvalue weighted by molar-refractivity contribution is -0.140. The Morgan fingerprint density at radius 1 is 1.15 bits per heavy atom. The number of carbonyl (C=O) groups excluding carboxylic acids is 1. The van der Waals surface area contributed by atoms with Crippen molar-refractivity contribution < 1.29 is 13.9 Å². The van der Waals surface area contributed by atoms with Crippen LogP contribution in [0.5, 0.6) is 0 Å². The molecule has 0 bridgehead atoms. The first-order valence-corrected chi connectivity index (χ1v) is 8.90. The van der Waals surface area contributed by atoms with Gasteiger partial charge in [0.1, 0.15) is 5.82 Å². The Morgan fingerprint density at radius 3 is 2.50 bits per heavy atom. The van der Waals surface area contributed by atoms with E-state index in [1.165, 1.54) is 19.2 Å². The predicted octanol–water partition coefficient (Wildman–Crippen LogP) is 4.95. The topological polar surface area (TPSA) is 29.5 Å². The van der Waals surface area contributed by atoms with Crippen LogP contribution >= 0.6 is 11.6 Å². The Morgan fingerprint density at radius 2 is 1.85 bits per heavy atom. The molecule has 5 heteroatoms. The number of hydrogen-bond donors (Lipinski definition) is 0. The minimum absolute atomic E-state index is 0.205. The molecule has 0 N–H and O–H groups in total. The summed E-state index contributed by atoms with van der Waals surface area (Å²) in [5, 5.41) is 0.711. The fourth-order valence-electron chi connectivity index (χ4n) is 2.54. The van der Waals surface area contributed by atoms with Crippen molar-refractivity contribution in [1.82, 2.24) is 4.90 Å². The van der Waals surface area contributed by atoms with Crippen molar-refractivity contribution in [2.45, 2.75) is 19.4 Å². The molecule has 0 radical (unpaired) electrons. The largest absolute Gasteiger partial charge is 0.469 e. The molecule has 0 unspecified atom stereocenters. The molecule has 3 nitrogen and oxygen atoms in total. The van der Waals surface area contributed by atoms with E-state index < -0.39 is 0 Å². The highest BCUT2D eigenvalue weighted by Gasteiger charge is 2.07. The lowest BCUT2D eigenvalue weighted by Crippen LogP contribution is -2.25. The van der Waals surface area contributed by atoms with Crippen molar-refractivity contribution in [2.75, 3.05) is 20.2 Å². The second-order valence-electron chi connectivity index (χ2n) is 6.00. The smallest absolute Gasteiger partial charge is 0.305 e. The van der Waals surface area contributed by atoms with Gasteiger partial charge in [0.2, 0.25) is 0 Å². The number of hydrogen-bond acceptors (Lipinski definition) is 3. The molecule has 0 spiro atoms. The molecule has 0 saturated heterocycles. The van der Waals surface area contributed by atoms with Crippen molar-refractivity contribution in [3.05, 3.63) is 76.6 Å². The number of esters is 1. The van der Waals surface area contributed by atoms with Gasteiger partial charge in [-0.25, -0.2) is 4.39 Å². The average molecular weight is 376 g/mol. The summed E-state index contributed by atoms with van der Waals surface area (Å²) < 4.78 is 17.8. The van der Waals surface area contributed by atoms with E-state index in [0.717, 1.165) is 24.2 Å². The van der Waals surface area contributed by atoms with E-state index in [1.54, 1.807) is 12.1 Å². The SMILES string of the molecule is COC(=O)CCCN(CC=Cc1ccc(Cl)cc1)Cc1ccc(F)cc1.